The zero-order valence-electron chi connectivity index (χ0n) is 12.7. The Hall–Kier alpha value is -1.36. The lowest BCUT2D eigenvalue weighted by Gasteiger charge is -2.29. The summed E-state index contributed by atoms with van der Waals surface area (Å²) in [5, 5.41) is 0. The van der Waals surface area contributed by atoms with Crippen molar-refractivity contribution < 1.29 is 8.42 Å². The molecule has 0 fully saturated rings. The second-order valence-electron chi connectivity index (χ2n) is 7.11. The molecule has 0 radical (unpaired) electrons. The number of nitrogens with zero attached hydrogens (tertiary/aromatic N) is 1. The first-order chi connectivity index (χ1) is 9.00. The molecule has 0 aliphatic carbocycles. The minimum Gasteiger partial charge on any atom is -0.263 e. The van der Waals surface area contributed by atoms with Gasteiger partial charge in [-0.3, -0.25) is 9.71 Å². The number of nitrogens with one attached hydrogen (secondary N) is 1. The summed E-state index contributed by atoms with van der Waals surface area (Å²) in [4.78, 5) is 4.97. The summed E-state index contributed by atoms with van der Waals surface area (Å²) >= 11 is 0. The van der Waals surface area contributed by atoms with Crippen LogP contribution in [0.2, 0.25) is 0 Å². The zero-order chi connectivity index (χ0) is 15.2. The predicted octanol–water partition coefficient (Wildman–Crippen LogP) is 2.94. The fraction of sp³-hybridized carbons (Fsp3) is 0.533. The van der Waals surface area contributed by atoms with Gasteiger partial charge in [0, 0.05) is 5.56 Å². The Morgan fingerprint density at radius 2 is 1.70 bits per heavy atom. The van der Waals surface area contributed by atoms with E-state index in [1.165, 1.54) is 0 Å². The Morgan fingerprint density at radius 1 is 1.10 bits per heavy atom. The number of amidine groups is 1. The van der Waals surface area contributed by atoms with Gasteiger partial charge in [-0.2, -0.15) is 0 Å². The van der Waals surface area contributed by atoms with Crippen LogP contribution in [-0.4, -0.2) is 19.8 Å². The van der Waals surface area contributed by atoms with Crippen LogP contribution in [0.3, 0.4) is 0 Å². The van der Waals surface area contributed by atoms with Crippen LogP contribution in [0.25, 0.3) is 0 Å². The smallest absolute Gasteiger partial charge is 0.263 e. The van der Waals surface area contributed by atoms with Crippen molar-refractivity contribution in [2.45, 2.75) is 51.5 Å². The summed E-state index contributed by atoms with van der Waals surface area (Å²) in [5.74, 6) is 0.454. The Balaban J connectivity index is 2.43. The maximum Gasteiger partial charge on any atom is 0.263 e. The summed E-state index contributed by atoms with van der Waals surface area (Å²) in [6, 6.07) is 6.95. The molecular weight excluding hydrogens is 272 g/mol. The Bertz CT molecular complexity index is 653. The lowest BCUT2D eigenvalue weighted by molar-refractivity contribution is 0.288. The van der Waals surface area contributed by atoms with Crippen molar-refractivity contribution >= 4 is 15.9 Å². The third kappa shape index (κ3) is 3.20. The van der Waals surface area contributed by atoms with E-state index in [4.69, 9.17) is 0 Å². The minimum atomic E-state index is -3.45. The van der Waals surface area contributed by atoms with E-state index >= 15 is 0 Å². The summed E-state index contributed by atoms with van der Waals surface area (Å²) < 4.78 is 26.6. The second kappa shape index (κ2) is 4.58. The topological polar surface area (TPSA) is 58.5 Å². The molecule has 1 aromatic rings. The highest BCUT2D eigenvalue weighted by Gasteiger charge is 2.33. The third-order valence-electron chi connectivity index (χ3n) is 3.04. The average molecular weight is 294 g/mol. The number of hydrogen-bond donors (Lipinski definition) is 1. The van der Waals surface area contributed by atoms with Crippen LogP contribution in [0.15, 0.2) is 34.2 Å². The van der Waals surface area contributed by atoms with Crippen LogP contribution in [0, 0.1) is 5.41 Å². The van der Waals surface area contributed by atoms with Crippen molar-refractivity contribution in [2.24, 2.45) is 10.4 Å². The highest BCUT2D eigenvalue weighted by Crippen LogP contribution is 2.31. The van der Waals surface area contributed by atoms with Crippen molar-refractivity contribution in [3.05, 3.63) is 29.8 Å². The summed E-state index contributed by atoms with van der Waals surface area (Å²) in [7, 11) is -3.45. The molecule has 110 valence electrons. The molecule has 4 nitrogen and oxygen atoms in total. The van der Waals surface area contributed by atoms with Crippen molar-refractivity contribution in [1.29, 1.82) is 0 Å². The van der Waals surface area contributed by atoms with E-state index in [9.17, 15) is 8.42 Å². The molecule has 1 aliphatic rings. The molecule has 0 unspecified atom stereocenters. The van der Waals surface area contributed by atoms with E-state index in [2.05, 4.69) is 30.5 Å². The summed E-state index contributed by atoms with van der Waals surface area (Å²) in [6.45, 7) is 10.5. The first-order valence-electron chi connectivity index (χ1n) is 6.72. The highest BCUT2D eigenvalue weighted by atomic mass is 32.2. The Labute approximate surface area is 121 Å². The molecule has 0 amide bonds. The van der Waals surface area contributed by atoms with E-state index in [1.807, 2.05) is 19.9 Å². The monoisotopic (exact) mass is 294 g/mol. The maximum absolute atomic E-state index is 12.0. The Kier molecular flexibility index (Phi) is 3.45. The number of sulfonamides is 1. The zero-order valence-corrected chi connectivity index (χ0v) is 13.5. The standard InChI is InChI=1S/C15H22N2O2S/c1-14(2,3)10-15(4,5)16-13-11-8-6-7-9-12(11)20(18,19)17-13/h6-9H,10H2,1-5H3,(H,16,17). The molecule has 5 heteroatoms. The van der Waals surface area contributed by atoms with Crippen LogP contribution in [0.1, 0.15) is 46.6 Å². The SMILES string of the molecule is CC(C)(C)CC(C)(C)N=C1NS(=O)(=O)c2ccccc21. The summed E-state index contributed by atoms with van der Waals surface area (Å²) in [6.07, 6.45) is 0.868. The molecule has 20 heavy (non-hydrogen) atoms. The second-order valence-corrected chi connectivity index (χ2v) is 8.76. The molecule has 0 atom stereocenters. The van der Waals surface area contributed by atoms with E-state index in [-0.39, 0.29) is 11.0 Å². The minimum absolute atomic E-state index is 0.130. The van der Waals surface area contributed by atoms with Gasteiger partial charge in [-0.1, -0.05) is 32.9 Å². The fourth-order valence-corrected chi connectivity index (χ4v) is 4.09. The maximum atomic E-state index is 12.0. The molecule has 0 bridgehead atoms. The highest BCUT2D eigenvalue weighted by molar-refractivity contribution is 7.90. The van der Waals surface area contributed by atoms with Gasteiger partial charge in [0.05, 0.1) is 10.4 Å². The van der Waals surface area contributed by atoms with Crippen molar-refractivity contribution in [2.75, 3.05) is 0 Å². The van der Waals surface area contributed by atoms with Gasteiger partial charge >= 0.3 is 0 Å². The van der Waals surface area contributed by atoms with Crippen molar-refractivity contribution in [3.8, 4) is 0 Å². The predicted molar refractivity (Wildman–Crippen MR) is 81.5 cm³/mol. The first-order valence-corrected chi connectivity index (χ1v) is 8.21. The third-order valence-corrected chi connectivity index (χ3v) is 4.44. The molecule has 0 aromatic heterocycles. The molecule has 0 spiro atoms. The first kappa shape index (κ1) is 15.0. The van der Waals surface area contributed by atoms with E-state index in [0.29, 0.717) is 16.3 Å². The molecule has 0 saturated carbocycles. The molecule has 2 rings (SSSR count). The van der Waals surface area contributed by atoms with Gasteiger partial charge in [0.15, 0.2) is 0 Å². The molecule has 1 N–H and O–H groups in total. The normalized spacial score (nSPS) is 19.8. The van der Waals surface area contributed by atoms with Gasteiger partial charge in [-0.25, -0.2) is 8.42 Å². The largest absolute Gasteiger partial charge is 0.263 e. The van der Waals surface area contributed by atoms with Gasteiger partial charge in [-0.15, -0.1) is 0 Å². The number of aliphatic imine (C=N–C) groups is 1. The van der Waals surface area contributed by atoms with Gasteiger partial charge in [0.2, 0.25) is 0 Å². The van der Waals surface area contributed by atoms with Crippen LogP contribution < -0.4 is 4.72 Å². The number of hydrogen-bond acceptors (Lipinski definition) is 3. The number of benzene rings is 1. The van der Waals surface area contributed by atoms with Crippen molar-refractivity contribution in [1.82, 2.24) is 4.72 Å². The Morgan fingerprint density at radius 3 is 2.30 bits per heavy atom. The fourth-order valence-electron chi connectivity index (χ4n) is 2.86. The van der Waals surface area contributed by atoms with E-state index in [0.717, 1.165) is 6.42 Å². The van der Waals surface area contributed by atoms with E-state index < -0.39 is 10.0 Å². The lowest BCUT2D eigenvalue weighted by Crippen LogP contribution is -2.30. The van der Waals surface area contributed by atoms with Gasteiger partial charge in [0.25, 0.3) is 10.0 Å². The molecule has 1 aliphatic heterocycles. The molecular formula is C15H22N2O2S. The molecule has 1 heterocycles. The number of rotatable bonds is 2. The number of fused-ring (bicyclic) bond motifs is 1. The van der Waals surface area contributed by atoms with Gasteiger partial charge in [0.1, 0.15) is 5.84 Å². The van der Waals surface area contributed by atoms with Crippen LogP contribution in [0.5, 0.6) is 0 Å². The summed E-state index contributed by atoms with van der Waals surface area (Å²) in [5.41, 5.74) is 0.465. The lowest BCUT2D eigenvalue weighted by atomic mass is 9.82. The average Bonchev–Trinajstić information content (AvgIpc) is 2.47. The molecule has 0 saturated heterocycles. The molecule has 1 aromatic carbocycles. The quantitative estimate of drug-likeness (QED) is 0.911. The van der Waals surface area contributed by atoms with Crippen LogP contribution in [0.4, 0.5) is 0 Å². The van der Waals surface area contributed by atoms with Crippen LogP contribution in [-0.2, 0) is 10.0 Å². The van der Waals surface area contributed by atoms with Crippen LogP contribution >= 0.6 is 0 Å². The van der Waals surface area contributed by atoms with Crippen molar-refractivity contribution in [3.63, 3.8) is 0 Å². The van der Waals surface area contributed by atoms with Gasteiger partial charge < -0.3 is 0 Å². The van der Waals surface area contributed by atoms with E-state index in [1.54, 1.807) is 18.2 Å². The van der Waals surface area contributed by atoms with Gasteiger partial charge in [-0.05, 0) is 37.8 Å².